The minimum atomic E-state index is -3.09. The summed E-state index contributed by atoms with van der Waals surface area (Å²) in [6.07, 6.45) is 0. The van der Waals surface area contributed by atoms with E-state index in [1.54, 1.807) is 6.07 Å². The first-order chi connectivity index (χ1) is 9.40. The minimum Gasteiger partial charge on any atom is -0.376 e. The Morgan fingerprint density at radius 3 is 2.10 bits per heavy atom. The number of hydrogen-bond donors (Lipinski definition) is 1. The number of alkyl halides is 2. The van der Waals surface area contributed by atoms with Crippen molar-refractivity contribution in [3.63, 3.8) is 0 Å². The first-order valence-corrected chi connectivity index (χ1v) is 6.47. The van der Waals surface area contributed by atoms with Gasteiger partial charge in [0.1, 0.15) is 5.82 Å². The third-order valence-corrected chi connectivity index (χ3v) is 3.29. The molecule has 0 aliphatic rings. The van der Waals surface area contributed by atoms with E-state index in [2.05, 4.69) is 5.32 Å². The normalized spacial score (nSPS) is 11.4. The molecule has 2 aromatic carbocycles. The molecule has 0 radical (unpaired) electrons. The van der Waals surface area contributed by atoms with Crippen LogP contribution in [0.3, 0.4) is 0 Å². The molecule has 0 heterocycles. The van der Waals surface area contributed by atoms with Crippen LogP contribution in [0.15, 0.2) is 42.5 Å². The molecule has 6 heteroatoms. The second-order valence-corrected chi connectivity index (χ2v) is 4.98. The van der Waals surface area contributed by atoms with E-state index in [1.807, 2.05) is 0 Å². The van der Waals surface area contributed by atoms with E-state index >= 15 is 0 Å². The lowest BCUT2D eigenvalue weighted by molar-refractivity contribution is 0.0106. The predicted molar refractivity (Wildman–Crippen MR) is 75.2 cm³/mol. The quantitative estimate of drug-likeness (QED) is 0.802. The zero-order chi connectivity index (χ0) is 14.8. The fourth-order valence-electron chi connectivity index (χ4n) is 1.69. The summed E-state index contributed by atoms with van der Waals surface area (Å²) in [6.45, 7) is -0.692. The van der Waals surface area contributed by atoms with Gasteiger partial charge >= 0.3 is 0 Å². The second-order valence-electron chi connectivity index (χ2n) is 4.17. The van der Waals surface area contributed by atoms with Gasteiger partial charge in [-0.2, -0.15) is 8.78 Å². The number of anilines is 1. The summed E-state index contributed by atoms with van der Waals surface area (Å²) in [6, 6.07) is 9.39. The van der Waals surface area contributed by atoms with Crippen LogP contribution in [0.25, 0.3) is 0 Å². The molecule has 0 aliphatic carbocycles. The van der Waals surface area contributed by atoms with Gasteiger partial charge in [-0.15, -0.1) is 0 Å². The maximum absolute atomic E-state index is 14.0. The highest BCUT2D eigenvalue weighted by Gasteiger charge is 2.31. The zero-order valence-corrected chi connectivity index (χ0v) is 11.7. The third-order valence-electron chi connectivity index (χ3n) is 2.69. The van der Waals surface area contributed by atoms with Crippen LogP contribution in [-0.2, 0) is 5.92 Å². The number of nitrogens with one attached hydrogen (secondary N) is 1. The molecule has 2 aromatic rings. The van der Waals surface area contributed by atoms with Crippen molar-refractivity contribution in [2.45, 2.75) is 5.92 Å². The van der Waals surface area contributed by atoms with Crippen molar-refractivity contribution in [3.05, 3.63) is 63.9 Å². The fraction of sp³-hybridized carbons (Fsp3) is 0.143. The summed E-state index contributed by atoms with van der Waals surface area (Å²) in [5, 5.41) is 2.38. The van der Waals surface area contributed by atoms with Crippen LogP contribution in [0, 0.1) is 5.82 Å². The van der Waals surface area contributed by atoms with E-state index in [0.29, 0.717) is 0 Å². The van der Waals surface area contributed by atoms with Crippen LogP contribution in [0.1, 0.15) is 5.56 Å². The Hall–Kier alpha value is -1.39. The SMILES string of the molecule is Fc1cc(Cl)c(NCC(F)(F)c2ccccc2)c(Cl)c1. The van der Waals surface area contributed by atoms with Gasteiger partial charge in [-0.1, -0.05) is 53.5 Å². The molecular formula is C14H10Cl2F3N. The monoisotopic (exact) mass is 319 g/mol. The van der Waals surface area contributed by atoms with Crippen molar-refractivity contribution in [2.24, 2.45) is 0 Å². The molecule has 0 saturated carbocycles. The van der Waals surface area contributed by atoms with Gasteiger partial charge in [0.2, 0.25) is 0 Å². The molecule has 2 rings (SSSR count). The molecule has 0 aromatic heterocycles. The van der Waals surface area contributed by atoms with E-state index in [-0.39, 0.29) is 21.3 Å². The van der Waals surface area contributed by atoms with Gasteiger partial charge in [0.05, 0.1) is 22.3 Å². The standard InChI is InChI=1S/C14H10Cl2F3N/c15-11-6-10(17)7-12(16)13(11)20-8-14(18,19)9-4-2-1-3-5-9/h1-7,20H,8H2. The summed E-state index contributed by atoms with van der Waals surface area (Å²) in [5.41, 5.74) is -0.0350. The van der Waals surface area contributed by atoms with Crippen molar-refractivity contribution < 1.29 is 13.2 Å². The maximum atomic E-state index is 14.0. The first-order valence-electron chi connectivity index (χ1n) is 5.72. The Labute approximate surface area is 124 Å². The maximum Gasteiger partial charge on any atom is 0.290 e. The molecule has 106 valence electrons. The molecule has 20 heavy (non-hydrogen) atoms. The number of benzene rings is 2. The molecule has 0 aliphatic heterocycles. The van der Waals surface area contributed by atoms with E-state index in [0.717, 1.165) is 12.1 Å². The third kappa shape index (κ3) is 3.38. The van der Waals surface area contributed by atoms with Gasteiger partial charge in [0, 0.05) is 5.56 Å². The minimum absolute atomic E-state index is 0.0427. The van der Waals surface area contributed by atoms with Crippen molar-refractivity contribution in [1.29, 1.82) is 0 Å². The predicted octanol–water partition coefficient (Wildman–Crippen LogP) is 5.34. The van der Waals surface area contributed by atoms with E-state index in [1.165, 1.54) is 24.3 Å². The summed E-state index contributed by atoms with van der Waals surface area (Å²) in [4.78, 5) is 0. The molecule has 0 atom stereocenters. The Morgan fingerprint density at radius 2 is 1.55 bits per heavy atom. The molecular weight excluding hydrogens is 310 g/mol. The Morgan fingerprint density at radius 1 is 1.00 bits per heavy atom. The van der Waals surface area contributed by atoms with Gasteiger partial charge in [-0.3, -0.25) is 0 Å². The molecule has 0 amide bonds. The summed E-state index contributed by atoms with van der Waals surface area (Å²) in [5.74, 6) is -3.72. The molecule has 1 nitrogen and oxygen atoms in total. The molecule has 0 saturated heterocycles. The average Bonchev–Trinajstić information content (AvgIpc) is 2.38. The lowest BCUT2D eigenvalue weighted by Gasteiger charge is -2.19. The van der Waals surface area contributed by atoms with Gasteiger partial charge < -0.3 is 5.32 Å². The smallest absolute Gasteiger partial charge is 0.290 e. The average molecular weight is 320 g/mol. The summed E-state index contributed by atoms with van der Waals surface area (Å²) >= 11 is 11.6. The largest absolute Gasteiger partial charge is 0.376 e. The fourth-order valence-corrected chi connectivity index (χ4v) is 2.29. The highest BCUT2D eigenvalue weighted by Crippen LogP contribution is 2.34. The highest BCUT2D eigenvalue weighted by molar-refractivity contribution is 6.39. The lowest BCUT2D eigenvalue weighted by Crippen LogP contribution is -2.24. The summed E-state index contributed by atoms with van der Waals surface area (Å²) in [7, 11) is 0. The van der Waals surface area contributed by atoms with Crippen molar-refractivity contribution in [2.75, 3.05) is 11.9 Å². The molecule has 1 N–H and O–H groups in total. The van der Waals surface area contributed by atoms with E-state index in [4.69, 9.17) is 23.2 Å². The highest BCUT2D eigenvalue weighted by atomic mass is 35.5. The molecule has 0 spiro atoms. The number of rotatable bonds is 4. The van der Waals surface area contributed by atoms with Crippen LogP contribution >= 0.6 is 23.2 Å². The number of halogens is 5. The van der Waals surface area contributed by atoms with Crippen molar-refractivity contribution in [3.8, 4) is 0 Å². The molecule has 0 bridgehead atoms. The number of hydrogen-bond acceptors (Lipinski definition) is 1. The Balaban J connectivity index is 2.17. The molecule has 0 unspecified atom stereocenters. The molecule has 0 fully saturated rings. The van der Waals surface area contributed by atoms with Gasteiger partial charge in [-0.05, 0) is 12.1 Å². The van der Waals surface area contributed by atoms with E-state index in [9.17, 15) is 13.2 Å². The Bertz CT molecular complexity index is 580. The van der Waals surface area contributed by atoms with Gasteiger partial charge in [0.15, 0.2) is 0 Å². The van der Waals surface area contributed by atoms with Crippen LogP contribution in [0.5, 0.6) is 0 Å². The zero-order valence-electron chi connectivity index (χ0n) is 10.1. The second kappa shape index (κ2) is 5.94. The van der Waals surface area contributed by atoms with Gasteiger partial charge in [0.25, 0.3) is 5.92 Å². The van der Waals surface area contributed by atoms with Crippen molar-refractivity contribution in [1.82, 2.24) is 0 Å². The topological polar surface area (TPSA) is 12.0 Å². The van der Waals surface area contributed by atoms with E-state index < -0.39 is 18.3 Å². The van der Waals surface area contributed by atoms with Crippen LogP contribution in [-0.4, -0.2) is 6.54 Å². The van der Waals surface area contributed by atoms with Crippen LogP contribution in [0.2, 0.25) is 10.0 Å². The first kappa shape index (κ1) is 15.0. The van der Waals surface area contributed by atoms with Crippen LogP contribution < -0.4 is 5.32 Å². The summed E-state index contributed by atoms with van der Waals surface area (Å²) < 4.78 is 40.9. The van der Waals surface area contributed by atoms with Crippen molar-refractivity contribution >= 4 is 28.9 Å². The lowest BCUT2D eigenvalue weighted by atomic mass is 10.1. The van der Waals surface area contributed by atoms with Gasteiger partial charge in [-0.25, -0.2) is 4.39 Å². The Kier molecular flexibility index (Phi) is 4.45. The van der Waals surface area contributed by atoms with Crippen LogP contribution in [0.4, 0.5) is 18.9 Å².